The second-order valence-corrected chi connectivity index (χ2v) is 5.71. The Kier molecular flexibility index (Phi) is 5.25. The molecular weight excluding hydrogens is 326 g/mol. The van der Waals surface area contributed by atoms with Crippen molar-refractivity contribution in [3.8, 4) is 5.75 Å². The molecule has 0 amide bonds. The van der Waals surface area contributed by atoms with Gasteiger partial charge in [-0.3, -0.25) is 0 Å². The Morgan fingerprint density at radius 1 is 1.16 bits per heavy atom. The fourth-order valence-electron chi connectivity index (χ4n) is 1.76. The van der Waals surface area contributed by atoms with E-state index in [0.29, 0.717) is 11.6 Å². The molecule has 4 heteroatoms. The molecule has 2 N–H and O–H groups in total. The van der Waals surface area contributed by atoms with Gasteiger partial charge >= 0.3 is 0 Å². The second kappa shape index (κ2) is 6.94. The van der Waals surface area contributed by atoms with Crippen molar-refractivity contribution in [1.29, 1.82) is 0 Å². The van der Waals surface area contributed by atoms with Gasteiger partial charge < -0.3 is 10.5 Å². The van der Waals surface area contributed by atoms with Crippen LogP contribution in [0.5, 0.6) is 5.75 Å². The van der Waals surface area contributed by atoms with Crippen molar-refractivity contribution >= 4 is 27.5 Å². The summed E-state index contributed by atoms with van der Waals surface area (Å²) in [6.45, 7) is 0.480. The van der Waals surface area contributed by atoms with E-state index in [1.807, 2.05) is 24.3 Å². The summed E-state index contributed by atoms with van der Waals surface area (Å²) in [5, 5.41) is 0.700. The monoisotopic (exact) mass is 339 g/mol. The van der Waals surface area contributed by atoms with Crippen LogP contribution in [0.15, 0.2) is 53.0 Å². The summed E-state index contributed by atoms with van der Waals surface area (Å²) in [4.78, 5) is 0. The molecule has 0 spiro atoms. The number of hydrogen-bond donors (Lipinski definition) is 1. The van der Waals surface area contributed by atoms with Gasteiger partial charge in [-0.15, -0.1) is 0 Å². The lowest BCUT2D eigenvalue weighted by Crippen LogP contribution is -2.30. The molecule has 0 fully saturated rings. The molecule has 0 aliphatic rings. The van der Waals surface area contributed by atoms with Crippen molar-refractivity contribution in [1.82, 2.24) is 0 Å². The molecular formula is C15H15BrClNO. The Bertz CT molecular complexity index is 530. The fraction of sp³-hybridized carbons (Fsp3) is 0.200. The van der Waals surface area contributed by atoms with E-state index in [1.54, 1.807) is 12.1 Å². The van der Waals surface area contributed by atoms with Crippen LogP contribution in [0.2, 0.25) is 5.02 Å². The first-order valence-electron chi connectivity index (χ1n) is 6.02. The first-order valence-corrected chi connectivity index (χ1v) is 7.19. The lowest BCUT2D eigenvalue weighted by Gasteiger charge is -2.13. The number of ether oxygens (including phenoxy) is 1. The zero-order valence-corrected chi connectivity index (χ0v) is 12.7. The van der Waals surface area contributed by atoms with Gasteiger partial charge in [0.25, 0.3) is 0 Å². The molecule has 2 rings (SSSR count). The smallest absolute Gasteiger partial charge is 0.119 e. The first-order chi connectivity index (χ1) is 9.13. The van der Waals surface area contributed by atoms with Crippen LogP contribution >= 0.6 is 27.5 Å². The Morgan fingerprint density at radius 2 is 1.89 bits per heavy atom. The SMILES string of the molecule is NC(COc1ccc(Cl)cc1)Cc1cccc(Br)c1. The summed E-state index contributed by atoms with van der Waals surface area (Å²) >= 11 is 9.26. The highest BCUT2D eigenvalue weighted by molar-refractivity contribution is 9.10. The minimum atomic E-state index is -0.0371. The predicted octanol–water partition coefficient (Wildman–Crippen LogP) is 4.05. The van der Waals surface area contributed by atoms with Gasteiger partial charge in [0.15, 0.2) is 0 Å². The highest BCUT2D eigenvalue weighted by atomic mass is 79.9. The van der Waals surface area contributed by atoms with Crippen LogP contribution in [-0.2, 0) is 6.42 Å². The topological polar surface area (TPSA) is 35.2 Å². The van der Waals surface area contributed by atoms with E-state index in [1.165, 1.54) is 5.56 Å². The maximum absolute atomic E-state index is 6.07. The van der Waals surface area contributed by atoms with Crippen molar-refractivity contribution in [2.45, 2.75) is 12.5 Å². The van der Waals surface area contributed by atoms with Crippen LogP contribution in [0.25, 0.3) is 0 Å². The van der Waals surface area contributed by atoms with Crippen LogP contribution in [0.1, 0.15) is 5.56 Å². The molecule has 0 saturated heterocycles. The molecule has 19 heavy (non-hydrogen) atoms. The highest BCUT2D eigenvalue weighted by Gasteiger charge is 2.06. The maximum atomic E-state index is 6.07. The zero-order chi connectivity index (χ0) is 13.7. The van der Waals surface area contributed by atoms with Crippen molar-refractivity contribution in [3.63, 3.8) is 0 Å². The molecule has 0 saturated carbocycles. The number of rotatable bonds is 5. The Morgan fingerprint density at radius 3 is 2.58 bits per heavy atom. The van der Waals surface area contributed by atoms with Crippen LogP contribution < -0.4 is 10.5 Å². The molecule has 0 bridgehead atoms. The van der Waals surface area contributed by atoms with E-state index in [0.717, 1.165) is 16.6 Å². The molecule has 2 nitrogen and oxygen atoms in total. The van der Waals surface area contributed by atoms with Crippen LogP contribution in [0.3, 0.4) is 0 Å². The molecule has 1 atom stereocenters. The lowest BCUT2D eigenvalue weighted by atomic mass is 10.1. The van der Waals surface area contributed by atoms with Crippen LogP contribution in [0, 0.1) is 0 Å². The Labute approximate surface area is 126 Å². The van der Waals surface area contributed by atoms with E-state index >= 15 is 0 Å². The summed E-state index contributed by atoms with van der Waals surface area (Å²) in [6.07, 6.45) is 0.785. The molecule has 0 aliphatic carbocycles. The number of hydrogen-bond acceptors (Lipinski definition) is 2. The van der Waals surface area contributed by atoms with E-state index in [-0.39, 0.29) is 6.04 Å². The third kappa shape index (κ3) is 4.86. The standard InChI is InChI=1S/C15H15BrClNO/c16-12-3-1-2-11(8-12)9-14(18)10-19-15-6-4-13(17)5-7-15/h1-8,14H,9-10,18H2. The Balaban J connectivity index is 1.84. The second-order valence-electron chi connectivity index (χ2n) is 4.36. The molecule has 0 aliphatic heterocycles. The van der Waals surface area contributed by atoms with Gasteiger partial charge in [-0.25, -0.2) is 0 Å². The summed E-state index contributed by atoms with van der Waals surface area (Å²) in [5.41, 5.74) is 7.26. The van der Waals surface area contributed by atoms with Gasteiger partial charge in [-0.2, -0.15) is 0 Å². The molecule has 1 unspecified atom stereocenters. The molecule has 2 aromatic rings. The quantitative estimate of drug-likeness (QED) is 0.891. The van der Waals surface area contributed by atoms with Crippen molar-refractivity contribution in [2.75, 3.05) is 6.61 Å². The van der Waals surface area contributed by atoms with Gasteiger partial charge in [0.1, 0.15) is 12.4 Å². The molecule has 2 aromatic carbocycles. The fourth-order valence-corrected chi connectivity index (χ4v) is 2.33. The summed E-state index contributed by atoms with van der Waals surface area (Å²) in [7, 11) is 0. The average molecular weight is 341 g/mol. The summed E-state index contributed by atoms with van der Waals surface area (Å²) < 4.78 is 6.70. The molecule has 100 valence electrons. The largest absolute Gasteiger partial charge is 0.492 e. The minimum absolute atomic E-state index is 0.0371. The zero-order valence-electron chi connectivity index (χ0n) is 10.4. The molecule has 0 aromatic heterocycles. The Hall–Kier alpha value is -1.03. The molecule has 0 heterocycles. The highest BCUT2D eigenvalue weighted by Crippen LogP contribution is 2.16. The lowest BCUT2D eigenvalue weighted by molar-refractivity contribution is 0.287. The van der Waals surface area contributed by atoms with E-state index < -0.39 is 0 Å². The number of nitrogens with two attached hydrogens (primary N) is 1. The van der Waals surface area contributed by atoms with E-state index in [4.69, 9.17) is 22.1 Å². The van der Waals surface area contributed by atoms with E-state index in [2.05, 4.69) is 28.1 Å². The van der Waals surface area contributed by atoms with Gasteiger partial charge in [0.05, 0.1) is 0 Å². The van der Waals surface area contributed by atoms with Crippen LogP contribution in [0.4, 0.5) is 0 Å². The summed E-state index contributed by atoms with van der Waals surface area (Å²) in [5.74, 6) is 0.786. The number of halogens is 2. The third-order valence-electron chi connectivity index (χ3n) is 2.66. The van der Waals surface area contributed by atoms with Gasteiger partial charge in [-0.1, -0.05) is 39.7 Å². The van der Waals surface area contributed by atoms with E-state index in [9.17, 15) is 0 Å². The van der Waals surface area contributed by atoms with Crippen molar-refractivity contribution < 1.29 is 4.74 Å². The molecule has 0 radical (unpaired) electrons. The van der Waals surface area contributed by atoms with Gasteiger partial charge in [-0.05, 0) is 48.4 Å². The predicted molar refractivity (Wildman–Crippen MR) is 82.8 cm³/mol. The van der Waals surface area contributed by atoms with Crippen LogP contribution in [-0.4, -0.2) is 12.6 Å². The average Bonchev–Trinajstić information content (AvgIpc) is 2.38. The minimum Gasteiger partial charge on any atom is -0.492 e. The maximum Gasteiger partial charge on any atom is 0.119 e. The first kappa shape index (κ1) is 14.4. The summed E-state index contributed by atoms with van der Waals surface area (Å²) in [6, 6.07) is 15.4. The third-order valence-corrected chi connectivity index (χ3v) is 3.41. The normalized spacial score (nSPS) is 12.2. The number of benzene rings is 2. The van der Waals surface area contributed by atoms with Crippen molar-refractivity contribution in [2.24, 2.45) is 5.73 Å². The van der Waals surface area contributed by atoms with Gasteiger partial charge in [0.2, 0.25) is 0 Å². The van der Waals surface area contributed by atoms with Crippen molar-refractivity contribution in [3.05, 3.63) is 63.6 Å². The van der Waals surface area contributed by atoms with Gasteiger partial charge in [0, 0.05) is 15.5 Å².